The molecular formula is C25H27N5O2S. The SMILES string of the molecule is Cc1ccccc1S(=O)(=O)Nc1cccc(Cc2cn(C3CCCC3)c3ncnc(N)c23)c1. The van der Waals surface area contributed by atoms with Crippen molar-refractivity contribution in [2.45, 2.75) is 50.0 Å². The highest BCUT2D eigenvalue weighted by Crippen LogP contribution is 2.35. The molecule has 0 aliphatic heterocycles. The summed E-state index contributed by atoms with van der Waals surface area (Å²) in [7, 11) is -3.68. The van der Waals surface area contributed by atoms with Gasteiger partial charge in [0, 0.05) is 17.9 Å². The van der Waals surface area contributed by atoms with Gasteiger partial charge in [0.15, 0.2) is 0 Å². The molecule has 8 heteroatoms. The van der Waals surface area contributed by atoms with E-state index in [0.717, 1.165) is 35.0 Å². The second kappa shape index (κ2) is 8.51. The Balaban J connectivity index is 1.47. The van der Waals surface area contributed by atoms with Crippen molar-refractivity contribution in [3.05, 3.63) is 77.7 Å². The van der Waals surface area contributed by atoms with Crippen LogP contribution >= 0.6 is 0 Å². The maximum absolute atomic E-state index is 12.9. The molecule has 170 valence electrons. The van der Waals surface area contributed by atoms with E-state index in [1.54, 1.807) is 31.2 Å². The van der Waals surface area contributed by atoms with E-state index in [1.165, 1.54) is 19.2 Å². The molecule has 0 saturated heterocycles. The smallest absolute Gasteiger partial charge is 0.262 e. The lowest BCUT2D eigenvalue weighted by Crippen LogP contribution is -2.14. The number of benzene rings is 2. The lowest BCUT2D eigenvalue weighted by molar-refractivity contribution is 0.531. The van der Waals surface area contributed by atoms with E-state index in [2.05, 4.69) is 25.5 Å². The highest BCUT2D eigenvalue weighted by molar-refractivity contribution is 7.92. The Bertz CT molecular complexity index is 1420. The van der Waals surface area contributed by atoms with Crippen LogP contribution in [0.25, 0.3) is 11.0 Å². The molecule has 1 fully saturated rings. The Labute approximate surface area is 193 Å². The highest BCUT2D eigenvalue weighted by atomic mass is 32.2. The number of nitrogens with zero attached hydrogens (tertiary/aromatic N) is 3. The quantitative estimate of drug-likeness (QED) is 0.428. The molecule has 7 nitrogen and oxygen atoms in total. The number of anilines is 2. The molecule has 33 heavy (non-hydrogen) atoms. The molecule has 1 saturated carbocycles. The molecule has 2 heterocycles. The number of aromatic nitrogens is 3. The van der Waals surface area contributed by atoms with E-state index in [9.17, 15) is 8.42 Å². The summed E-state index contributed by atoms with van der Waals surface area (Å²) in [4.78, 5) is 9.03. The van der Waals surface area contributed by atoms with Crippen molar-refractivity contribution in [1.29, 1.82) is 0 Å². The van der Waals surface area contributed by atoms with Crippen molar-refractivity contribution < 1.29 is 8.42 Å². The number of nitrogen functional groups attached to an aromatic ring is 1. The molecule has 0 amide bonds. The minimum atomic E-state index is -3.68. The van der Waals surface area contributed by atoms with Gasteiger partial charge in [0.2, 0.25) is 0 Å². The summed E-state index contributed by atoms with van der Waals surface area (Å²) in [5, 5.41) is 0.885. The van der Waals surface area contributed by atoms with Crippen LogP contribution in [0.2, 0.25) is 0 Å². The van der Waals surface area contributed by atoms with Gasteiger partial charge in [-0.05, 0) is 61.1 Å². The molecule has 1 aliphatic carbocycles. The van der Waals surface area contributed by atoms with Crippen LogP contribution in [-0.4, -0.2) is 23.0 Å². The number of rotatable bonds is 6. The summed E-state index contributed by atoms with van der Waals surface area (Å²) in [5.74, 6) is 0.475. The van der Waals surface area contributed by atoms with Crippen LogP contribution in [0.1, 0.15) is 48.4 Å². The van der Waals surface area contributed by atoms with Crippen LogP contribution in [0.5, 0.6) is 0 Å². The topological polar surface area (TPSA) is 103 Å². The third-order valence-corrected chi connectivity index (χ3v) is 7.93. The molecule has 5 rings (SSSR count). The lowest BCUT2D eigenvalue weighted by Gasteiger charge is -2.12. The monoisotopic (exact) mass is 461 g/mol. The zero-order valence-corrected chi connectivity index (χ0v) is 19.3. The minimum Gasteiger partial charge on any atom is -0.383 e. The Hall–Kier alpha value is -3.39. The van der Waals surface area contributed by atoms with Crippen molar-refractivity contribution in [3.63, 3.8) is 0 Å². The summed E-state index contributed by atoms with van der Waals surface area (Å²) >= 11 is 0. The van der Waals surface area contributed by atoms with Gasteiger partial charge in [-0.25, -0.2) is 18.4 Å². The fraction of sp³-hybridized carbons (Fsp3) is 0.280. The number of nitrogens with two attached hydrogens (primary N) is 1. The van der Waals surface area contributed by atoms with Crippen LogP contribution in [0, 0.1) is 6.92 Å². The maximum Gasteiger partial charge on any atom is 0.262 e. The third-order valence-electron chi connectivity index (χ3n) is 6.39. The van der Waals surface area contributed by atoms with E-state index in [1.807, 2.05) is 24.3 Å². The zero-order chi connectivity index (χ0) is 23.0. The summed E-state index contributed by atoms with van der Waals surface area (Å²) in [6.07, 6.45) is 9.01. The molecule has 4 aromatic rings. The number of fused-ring (bicyclic) bond motifs is 1. The average molecular weight is 462 g/mol. The lowest BCUT2D eigenvalue weighted by atomic mass is 10.0. The fourth-order valence-electron chi connectivity index (χ4n) is 4.81. The van der Waals surface area contributed by atoms with Gasteiger partial charge in [-0.2, -0.15) is 0 Å². The number of nitrogens with one attached hydrogen (secondary N) is 1. The van der Waals surface area contributed by atoms with Gasteiger partial charge in [0.1, 0.15) is 17.8 Å². The summed E-state index contributed by atoms with van der Waals surface area (Å²) in [5.41, 5.74) is 10.4. The van der Waals surface area contributed by atoms with Crippen molar-refractivity contribution in [1.82, 2.24) is 14.5 Å². The van der Waals surface area contributed by atoms with E-state index in [-0.39, 0.29) is 4.90 Å². The number of sulfonamides is 1. The van der Waals surface area contributed by atoms with Crippen molar-refractivity contribution in [3.8, 4) is 0 Å². The molecule has 3 N–H and O–H groups in total. The van der Waals surface area contributed by atoms with Gasteiger partial charge in [-0.15, -0.1) is 0 Å². The second-order valence-corrected chi connectivity index (χ2v) is 10.4. The second-order valence-electron chi connectivity index (χ2n) is 8.71. The summed E-state index contributed by atoms with van der Waals surface area (Å²) in [6.45, 7) is 1.79. The minimum absolute atomic E-state index is 0.278. The first kappa shape index (κ1) is 21.5. The predicted molar refractivity (Wildman–Crippen MR) is 131 cm³/mol. The molecular weight excluding hydrogens is 434 g/mol. The molecule has 0 radical (unpaired) electrons. The molecule has 0 spiro atoms. The largest absolute Gasteiger partial charge is 0.383 e. The fourth-order valence-corrected chi connectivity index (χ4v) is 6.11. The Morgan fingerprint density at radius 3 is 2.67 bits per heavy atom. The third kappa shape index (κ3) is 4.18. The van der Waals surface area contributed by atoms with Crippen LogP contribution in [0.4, 0.5) is 11.5 Å². The van der Waals surface area contributed by atoms with Crippen LogP contribution in [0.3, 0.4) is 0 Å². The van der Waals surface area contributed by atoms with Crippen molar-refractivity contribution in [2.24, 2.45) is 0 Å². The maximum atomic E-state index is 12.9. The van der Waals surface area contributed by atoms with Gasteiger partial charge in [0.25, 0.3) is 10.0 Å². The van der Waals surface area contributed by atoms with Gasteiger partial charge >= 0.3 is 0 Å². The van der Waals surface area contributed by atoms with Gasteiger partial charge < -0.3 is 10.3 Å². The van der Waals surface area contributed by atoms with Crippen LogP contribution in [0.15, 0.2) is 66.0 Å². The highest BCUT2D eigenvalue weighted by Gasteiger charge is 2.22. The first-order chi connectivity index (χ1) is 15.9. The van der Waals surface area contributed by atoms with E-state index >= 15 is 0 Å². The van der Waals surface area contributed by atoms with Crippen molar-refractivity contribution in [2.75, 3.05) is 10.5 Å². The zero-order valence-electron chi connectivity index (χ0n) is 18.5. The summed E-state index contributed by atoms with van der Waals surface area (Å²) < 4.78 is 30.8. The Morgan fingerprint density at radius 2 is 1.88 bits per heavy atom. The molecule has 0 unspecified atom stereocenters. The van der Waals surface area contributed by atoms with Crippen LogP contribution < -0.4 is 10.5 Å². The van der Waals surface area contributed by atoms with E-state index in [4.69, 9.17) is 5.73 Å². The molecule has 2 aromatic heterocycles. The first-order valence-electron chi connectivity index (χ1n) is 11.2. The average Bonchev–Trinajstić information content (AvgIpc) is 3.43. The first-order valence-corrected chi connectivity index (χ1v) is 12.7. The molecule has 0 atom stereocenters. The van der Waals surface area contributed by atoms with Gasteiger partial charge in [-0.3, -0.25) is 4.72 Å². The Morgan fingerprint density at radius 1 is 1.09 bits per heavy atom. The predicted octanol–water partition coefficient (Wildman–Crippen LogP) is 4.83. The van der Waals surface area contributed by atoms with E-state index < -0.39 is 10.0 Å². The van der Waals surface area contributed by atoms with E-state index in [0.29, 0.717) is 29.5 Å². The number of hydrogen-bond acceptors (Lipinski definition) is 5. The molecule has 1 aliphatic rings. The van der Waals surface area contributed by atoms with Gasteiger partial charge in [-0.1, -0.05) is 43.2 Å². The standard InChI is InChI=1S/C25H27N5O2S/c1-17-7-2-5-12-22(17)33(31,32)29-20-9-6-8-18(14-20)13-19-15-30(21-10-3-4-11-21)25-23(19)24(26)27-16-28-25/h2,5-9,12,14-16,21,29H,3-4,10-11,13H2,1H3,(H2,26,27,28). The van der Waals surface area contributed by atoms with Crippen LogP contribution in [-0.2, 0) is 16.4 Å². The number of aryl methyl sites for hydroxylation is 1. The molecule has 2 aromatic carbocycles. The van der Waals surface area contributed by atoms with Crippen molar-refractivity contribution >= 4 is 32.6 Å². The normalized spacial score (nSPS) is 14.7. The summed E-state index contributed by atoms with van der Waals surface area (Å²) in [6, 6.07) is 14.9. The van der Waals surface area contributed by atoms with Gasteiger partial charge in [0.05, 0.1) is 10.3 Å². The Kier molecular flexibility index (Phi) is 5.54. The number of hydrogen-bond donors (Lipinski definition) is 2. The molecule has 0 bridgehead atoms.